The number of alkyl halides is 1. The van der Waals surface area contributed by atoms with Crippen molar-refractivity contribution in [1.82, 2.24) is 0 Å². The molecule has 0 aromatic heterocycles. The average Bonchev–Trinajstić information content (AvgIpc) is 1.88. The van der Waals surface area contributed by atoms with Crippen molar-refractivity contribution in [3.8, 4) is 0 Å². The molecule has 58 valence electrons. The van der Waals surface area contributed by atoms with Crippen molar-refractivity contribution in [3.05, 3.63) is 0 Å². The first kappa shape index (κ1) is 8.30. The van der Waals surface area contributed by atoms with Crippen molar-refractivity contribution in [1.29, 1.82) is 0 Å². The van der Waals surface area contributed by atoms with Crippen LogP contribution in [0.2, 0.25) is 0 Å². The third-order valence-corrected chi connectivity index (χ3v) is 3.09. The van der Waals surface area contributed by atoms with Gasteiger partial charge in [-0.3, -0.25) is 4.79 Å². The predicted molar refractivity (Wildman–Crippen MR) is 47.4 cm³/mol. The molecule has 0 heterocycles. The van der Waals surface area contributed by atoms with Gasteiger partial charge in [-0.15, -0.1) is 0 Å². The Balaban J connectivity index is 2.39. The number of hydrogen-bond donors (Lipinski definition) is 1. The highest BCUT2D eigenvalue weighted by Crippen LogP contribution is 2.29. The molecule has 1 N–H and O–H groups in total. The van der Waals surface area contributed by atoms with Gasteiger partial charge in [-0.1, -0.05) is 29.0 Å². The van der Waals surface area contributed by atoms with E-state index in [9.17, 15) is 4.79 Å². The number of carbonyl (C=O) groups is 1. The minimum Gasteiger partial charge on any atom is -0.481 e. The Bertz CT molecular complexity index is 136. The largest absolute Gasteiger partial charge is 0.481 e. The summed E-state index contributed by atoms with van der Waals surface area (Å²) in [4.78, 5) is 10.5. The Hall–Kier alpha value is 0.200. The second-order valence-corrected chi connectivity index (χ2v) is 4.56. The van der Waals surface area contributed by atoms with Gasteiger partial charge in [0.2, 0.25) is 0 Å². The summed E-state index contributed by atoms with van der Waals surface area (Å²) >= 11 is 2.34. The van der Waals surface area contributed by atoms with Crippen LogP contribution in [0.4, 0.5) is 0 Å². The number of aliphatic carboxylic acids is 1. The van der Waals surface area contributed by atoms with Gasteiger partial charge in [-0.25, -0.2) is 0 Å². The van der Waals surface area contributed by atoms with Crippen molar-refractivity contribution < 1.29 is 9.90 Å². The first-order chi connectivity index (χ1) is 4.70. The van der Waals surface area contributed by atoms with Gasteiger partial charge in [0.25, 0.3) is 0 Å². The minimum atomic E-state index is -0.610. The summed E-state index contributed by atoms with van der Waals surface area (Å²) in [5.41, 5.74) is 0. The smallest absolute Gasteiger partial charge is 0.306 e. The van der Waals surface area contributed by atoms with Crippen molar-refractivity contribution in [2.75, 3.05) is 0 Å². The van der Waals surface area contributed by atoms with Crippen molar-refractivity contribution >= 4 is 28.6 Å². The molecule has 1 rings (SSSR count). The van der Waals surface area contributed by atoms with E-state index in [2.05, 4.69) is 22.6 Å². The summed E-state index contributed by atoms with van der Waals surface area (Å²) in [6.07, 6.45) is 4.04. The zero-order chi connectivity index (χ0) is 7.56. The predicted octanol–water partition coefficient (Wildman–Crippen LogP) is 2.06. The van der Waals surface area contributed by atoms with Gasteiger partial charge in [0.05, 0.1) is 5.92 Å². The molecule has 1 aliphatic rings. The number of hydrogen-bond acceptors (Lipinski definition) is 1. The Kier molecular flexibility index (Phi) is 2.95. The fourth-order valence-electron chi connectivity index (χ4n) is 1.35. The number of carboxylic acid groups (broad SMARTS) is 1. The number of halogens is 1. The molecule has 0 radical (unpaired) electrons. The normalized spacial score (nSPS) is 33.7. The van der Waals surface area contributed by atoms with E-state index in [1.54, 1.807) is 0 Å². The summed E-state index contributed by atoms with van der Waals surface area (Å²) in [5, 5.41) is 8.65. The number of rotatable bonds is 1. The molecule has 0 spiro atoms. The standard InChI is InChI=1S/C7H11IO2/c8-6-3-1-2-5(4-6)7(9)10/h5-6H,1-4H2,(H,9,10)/t5-,6?/m0/s1. The van der Waals surface area contributed by atoms with Gasteiger partial charge in [0.15, 0.2) is 0 Å². The quantitative estimate of drug-likeness (QED) is 0.574. The molecule has 0 saturated heterocycles. The molecule has 0 aromatic rings. The van der Waals surface area contributed by atoms with E-state index < -0.39 is 5.97 Å². The molecule has 0 aromatic carbocycles. The summed E-state index contributed by atoms with van der Waals surface area (Å²) in [5.74, 6) is -0.669. The highest BCUT2D eigenvalue weighted by molar-refractivity contribution is 14.1. The van der Waals surface area contributed by atoms with Crippen LogP contribution in [0.3, 0.4) is 0 Å². The van der Waals surface area contributed by atoms with E-state index >= 15 is 0 Å². The van der Waals surface area contributed by atoms with Crippen molar-refractivity contribution in [2.24, 2.45) is 5.92 Å². The maximum Gasteiger partial charge on any atom is 0.306 e. The fourth-order valence-corrected chi connectivity index (χ4v) is 2.41. The first-order valence-electron chi connectivity index (χ1n) is 3.57. The minimum absolute atomic E-state index is 0.0596. The van der Waals surface area contributed by atoms with Crippen LogP contribution in [0.15, 0.2) is 0 Å². The molecule has 0 bridgehead atoms. The summed E-state index contributed by atoms with van der Waals surface area (Å²) in [6.45, 7) is 0. The maximum atomic E-state index is 10.5. The van der Waals surface area contributed by atoms with Gasteiger partial charge in [0, 0.05) is 3.92 Å². The van der Waals surface area contributed by atoms with Crippen molar-refractivity contribution in [2.45, 2.75) is 29.6 Å². The van der Waals surface area contributed by atoms with Crippen LogP contribution in [0, 0.1) is 5.92 Å². The molecule has 10 heavy (non-hydrogen) atoms. The van der Waals surface area contributed by atoms with Crippen LogP contribution in [0.1, 0.15) is 25.7 Å². The maximum absolute atomic E-state index is 10.5. The molecule has 2 nitrogen and oxygen atoms in total. The van der Waals surface area contributed by atoms with Crippen LogP contribution < -0.4 is 0 Å². The lowest BCUT2D eigenvalue weighted by Gasteiger charge is -2.21. The Morgan fingerprint density at radius 1 is 1.50 bits per heavy atom. The van der Waals surface area contributed by atoms with Crippen molar-refractivity contribution in [3.63, 3.8) is 0 Å². The third-order valence-electron chi connectivity index (χ3n) is 1.96. The Morgan fingerprint density at radius 3 is 2.60 bits per heavy atom. The fraction of sp³-hybridized carbons (Fsp3) is 0.857. The van der Waals surface area contributed by atoms with Gasteiger partial charge in [0.1, 0.15) is 0 Å². The van der Waals surface area contributed by atoms with E-state index in [0.29, 0.717) is 3.92 Å². The molecule has 3 heteroatoms. The van der Waals surface area contributed by atoms with Crippen LogP contribution in [-0.2, 0) is 4.79 Å². The second kappa shape index (κ2) is 3.55. The molecule has 0 aliphatic heterocycles. The molecule has 0 amide bonds. The van der Waals surface area contributed by atoms with Crippen LogP contribution in [0.25, 0.3) is 0 Å². The Morgan fingerprint density at radius 2 is 2.20 bits per heavy atom. The van der Waals surface area contributed by atoms with E-state index in [1.165, 1.54) is 6.42 Å². The third kappa shape index (κ3) is 2.11. The lowest BCUT2D eigenvalue weighted by Crippen LogP contribution is -2.22. The summed E-state index contributed by atoms with van der Waals surface area (Å²) in [6, 6.07) is 0. The van der Waals surface area contributed by atoms with Crippen LogP contribution in [0.5, 0.6) is 0 Å². The van der Waals surface area contributed by atoms with E-state index in [-0.39, 0.29) is 5.92 Å². The van der Waals surface area contributed by atoms with Gasteiger partial charge in [-0.05, 0) is 19.3 Å². The molecule has 2 atom stereocenters. The molecule has 1 fully saturated rings. The topological polar surface area (TPSA) is 37.3 Å². The van der Waals surface area contributed by atoms with Crippen LogP contribution in [-0.4, -0.2) is 15.0 Å². The lowest BCUT2D eigenvalue weighted by atomic mass is 9.89. The van der Waals surface area contributed by atoms with Gasteiger partial charge in [-0.2, -0.15) is 0 Å². The van der Waals surface area contributed by atoms with Gasteiger partial charge < -0.3 is 5.11 Å². The Labute approximate surface area is 74.1 Å². The molecule has 1 aliphatic carbocycles. The molecular formula is C7H11IO2. The SMILES string of the molecule is O=C(O)[C@H]1CCCC(I)C1. The second-order valence-electron chi connectivity index (χ2n) is 2.80. The summed E-state index contributed by atoms with van der Waals surface area (Å²) in [7, 11) is 0. The van der Waals surface area contributed by atoms with Gasteiger partial charge >= 0.3 is 5.97 Å². The molecular weight excluding hydrogens is 243 g/mol. The number of carboxylic acids is 1. The molecule has 1 unspecified atom stereocenters. The zero-order valence-corrected chi connectivity index (χ0v) is 7.87. The lowest BCUT2D eigenvalue weighted by molar-refractivity contribution is -0.142. The van der Waals surface area contributed by atoms with Crippen LogP contribution >= 0.6 is 22.6 Å². The average molecular weight is 254 g/mol. The van der Waals surface area contributed by atoms with E-state index in [0.717, 1.165) is 19.3 Å². The van der Waals surface area contributed by atoms with E-state index in [4.69, 9.17) is 5.11 Å². The first-order valence-corrected chi connectivity index (χ1v) is 4.81. The summed E-state index contributed by atoms with van der Waals surface area (Å²) < 4.78 is 0.590. The monoisotopic (exact) mass is 254 g/mol. The zero-order valence-electron chi connectivity index (χ0n) is 5.72. The highest BCUT2D eigenvalue weighted by Gasteiger charge is 2.24. The molecule has 1 saturated carbocycles. The highest BCUT2D eigenvalue weighted by atomic mass is 127. The van der Waals surface area contributed by atoms with E-state index in [1.807, 2.05) is 0 Å².